The second kappa shape index (κ2) is 6.55. The fourth-order valence-corrected chi connectivity index (χ4v) is 2.74. The number of aromatic nitrogens is 1. The first-order valence-corrected chi connectivity index (χ1v) is 7.45. The van der Waals surface area contributed by atoms with Gasteiger partial charge in [0.25, 0.3) is 0 Å². The predicted molar refractivity (Wildman–Crippen MR) is 86.0 cm³/mol. The molecule has 100 valence electrons. The van der Waals surface area contributed by atoms with Gasteiger partial charge in [0.15, 0.2) is 0 Å². The second-order valence-electron chi connectivity index (χ2n) is 4.44. The minimum atomic E-state index is 1.08. The van der Waals surface area contributed by atoms with Gasteiger partial charge in [-0.2, -0.15) is 11.3 Å². The molecule has 2 heterocycles. The zero-order valence-corrected chi connectivity index (χ0v) is 12.5. The van der Waals surface area contributed by atoms with Gasteiger partial charge in [-0.05, 0) is 66.2 Å². The predicted octanol–water partition coefficient (Wildman–Crippen LogP) is 4.29. The molecule has 0 unspecified atom stereocenters. The topological polar surface area (TPSA) is 27.8 Å². The molecule has 0 fully saturated rings. The summed E-state index contributed by atoms with van der Waals surface area (Å²) in [6.07, 6.45) is 3.19. The van der Waals surface area contributed by atoms with Crippen molar-refractivity contribution in [3.8, 4) is 11.1 Å². The van der Waals surface area contributed by atoms with Gasteiger partial charge in [-0.25, -0.2) is 0 Å². The molecular formula is C16H20N2S. The van der Waals surface area contributed by atoms with Crippen molar-refractivity contribution >= 4 is 22.2 Å². The van der Waals surface area contributed by atoms with Crippen LogP contribution in [0, 0.1) is 0 Å². The van der Waals surface area contributed by atoms with Gasteiger partial charge >= 0.3 is 0 Å². The molecular weight excluding hydrogens is 252 g/mol. The van der Waals surface area contributed by atoms with Gasteiger partial charge in [-0.3, -0.25) is 0 Å². The third-order valence-electron chi connectivity index (χ3n) is 3.00. The molecule has 2 aromatic heterocycles. The van der Waals surface area contributed by atoms with E-state index in [0.29, 0.717) is 0 Å². The first-order chi connectivity index (χ1) is 9.30. The lowest BCUT2D eigenvalue weighted by Crippen LogP contribution is -1.89. The molecule has 2 N–H and O–H groups in total. The Labute approximate surface area is 118 Å². The summed E-state index contributed by atoms with van der Waals surface area (Å²) in [7, 11) is 3.75. The van der Waals surface area contributed by atoms with Gasteiger partial charge in [0.05, 0.1) is 0 Å². The van der Waals surface area contributed by atoms with Crippen LogP contribution in [0.1, 0.15) is 12.5 Å². The lowest BCUT2D eigenvalue weighted by Gasteiger charge is -1.99. The van der Waals surface area contributed by atoms with Crippen LogP contribution in [0.3, 0.4) is 0 Å². The van der Waals surface area contributed by atoms with Crippen LogP contribution in [0.15, 0.2) is 41.2 Å². The molecule has 0 saturated heterocycles. The van der Waals surface area contributed by atoms with Crippen LogP contribution in [0.2, 0.25) is 0 Å². The summed E-state index contributed by atoms with van der Waals surface area (Å²) >= 11 is 1.74. The van der Waals surface area contributed by atoms with Crippen LogP contribution >= 0.6 is 11.3 Å². The fraction of sp³-hybridized carbons (Fsp3) is 0.250. The number of hydrogen-bond acceptors (Lipinski definition) is 2. The maximum atomic E-state index is 3.31. The van der Waals surface area contributed by atoms with E-state index < -0.39 is 0 Å². The Bertz CT molecular complexity index is 623. The zero-order chi connectivity index (χ0) is 13.7. The zero-order valence-electron chi connectivity index (χ0n) is 11.7. The molecule has 0 bridgehead atoms. The van der Waals surface area contributed by atoms with Crippen molar-refractivity contribution in [2.75, 3.05) is 14.1 Å². The SMILES string of the molecule is CCc1c[nH]c2ccc(-c3ccsc3)cc12.CNC. The van der Waals surface area contributed by atoms with Crippen molar-refractivity contribution < 1.29 is 0 Å². The Morgan fingerprint density at radius 1 is 1.16 bits per heavy atom. The summed E-state index contributed by atoms with van der Waals surface area (Å²) in [5.41, 5.74) is 5.25. The molecule has 0 atom stereocenters. The Morgan fingerprint density at radius 2 is 1.95 bits per heavy atom. The molecule has 0 aliphatic carbocycles. The van der Waals surface area contributed by atoms with Crippen LogP contribution in [0.5, 0.6) is 0 Å². The molecule has 0 spiro atoms. The minimum absolute atomic E-state index is 1.08. The van der Waals surface area contributed by atoms with E-state index in [0.717, 1.165) is 6.42 Å². The first kappa shape index (κ1) is 13.8. The molecule has 2 nitrogen and oxygen atoms in total. The van der Waals surface area contributed by atoms with E-state index >= 15 is 0 Å². The van der Waals surface area contributed by atoms with E-state index in [1.807, 2.05) is 14.1 Å². The first-order valence-electron chi connectivity index (χ1n) is 6.51. The van der Waals surface area contributed by atoms with Gasteiger partial charge in [-0.1, -0.05) is 13.0 Å². The highest BCUT2D eigenvalue weighted by atomic mass is 32.1. The fourth-order valence-electron chi connectivity index (χ4n) is 2.08. The molecule has 3 rings (SSSR count). The third-order valence-corrected chi connectivity index (χ3v) is 3.69. The van der Waals surface area contributed by atoms with Gasteiger partial charge in [-0.15, -0.1) is 0 Å². The molecule has 0 aliphatic rings. The summed E-state index contributed by atoms with van der Waals surface area (Å²) in [5, 5.41) is 8.42. The highest BCUT2D eigenvalue weighted by Gasteiger charge is 2.04. The Morgan fingerprint density at radius 3 is 2.58 bits per heavy atom. The lowest BCUT2D eigenvalue weighted by atomic mass is 10.0. The smallest absolute Gasteiger partial charge is 0.0457 e. The number of fused-ring (bicyclic) bond motifs is 1. The largest absolute Gasteiger partial charge is 0.361 e. The van der Waals surface area contributed by atoms with Crippen molar-refractivity contribution in [3.05, 3.63) is 46.8 Å². The highest BCUT2D eigenvalue weighted by molar-refractivity contribution is 7.08. The van der Waals surface area contributed by atoms with Gasteiger partial charge < -0.3 is 10.3 Å². The standard InChI is InChI=1S/C14H13NS.C2H7N/c1-2-10-8-15-14-4-3-11(7-13(10)14)12-5-6-16-9-12;1-3-2/h3-9,15H,2H2,1H3;3H,1-2H3. The summed E-state index contributed by atoms with van der Waals surface area (Å²) in [6.45, 7) is 2.19. The molecule has 3 heteroatoms. The Hall–Kier alpha value is -1.58. The van der Waals surface area contributed by atoms with Crippen molar-refractivity contribution in [3.63, 3.8) is 0 Å². The van der Waals surface area contributed by atoms with Crippen LogP contribution in [0.4, 0.5) is 0 Å². The Balaban J connectivity index is 0.000000408. The van der Waals surface area contributed by atoms with Crippen LogP contribution in [0.25, 0.3) is 22.0 Å². The van der Waals surface area contributed by atoms with E-state index in [1.165, 1.54) is 27.6 Å². The van der Waals surface area contributed by atoms with Gasteiger partial charge in [0.1, 0.15) is 0 Å². The number of rotatable bonds is 2. The number of H-pyrrole nitrogens is 1. The van der Waals surface area contributed by atoms with E-state index in [2.05, 4.69) is 58.4 Å². The van der Waals surface area contributed by atoms with E-state index in [9.17, 15) is 0 Å². The number of nitrogens with one attached hydrogen (secondary N) is 2. The molecule has 0 saturated carbocycles. The maximum absolute atomic E-state index is 3.31. The Kier molecular flexibility index (Phi) is 4.77. The van der Waals surface area contributed by atoms with E-state index in [1.54, 1.807) is 11.3 Å². The highest BCUT2D eigenvalue weighted by Crippen LogP contribution is 2.27. The maximum Gasteiger partial charge on any atom is 0.0457 e. The monoisotopic (exact) mass is 272 g/mol. The molecule has 0 aliphatic heterocycles. The summed E-state index contributed by atoms with van der Waals surface area (Å²) < 4.78 is 0. The average molecular weight is 272 g/mol. The van der Waals surface area contributed by atoms with Crippen molar-refractivity contribution in [1.82, 2.24) is 10.3 Å². The van der Waals surface area contributed by atoms with Crippen molar-refractivity contribution in [2.24, 2.45) is 0 Å². The average Bonchev–Trinajstić information content (AvgIpc) is 3.08. The number of aromatic amines is 1. The summed E-state index contributed by atoms with van der Waals surface area (Å²) in [4.78, 5) is 3.31. The lowest BCUT2D eigenvalue weighted by molar-refractivity contribution is 1.02. The van der Waals surface area contributed by atoms with E-state index in [-0.39, 0.29) is 0 Å². The van der Waals surface area contributed by atoms with Crippen LogP contribution in [-0.4, -0.2) is 19.1 Å². The number of hydrogen-bond donors (Lipinski definition) is 2. The number of benzene rings is 1. The van der Waals surface area contributed by atoms with Crippen LogP contribution in [-0.2, 0) is 6.42 Å². The summed E-state index contributed by atoms with van der Waals surface area (Å²) in [6, 6.07) is 8.80. The quantitative estimate of drug-likeness (QED) is 0.715. The van der Waals surface area contributed by atoms with Gasteiger partial charge in [0, 0.05) is 17.1 Å². The number of aryl methyl sites for hydroxylation is 1. The molecule has 1 aromatic carbocycles. The molecule has 0 radical (unpaired) electrons. The molecule has 0 amide bonds. The van der Waals surface area contributed by atoms with Crippen molar-refractivity contribution in [2.45, 2.75) is 13.3 Å². The minimum Gasteiger partial charge on any atom is -0.361 e. The molecule has 3 aromatic rings. The van der Waals surface area contributed by atoms with Crippen LogP contribution < -0.4 is 5.32 Å². The summed E-state index contributed by atoms with van der Waals surface area (Å²) in [5.74, 6) is 0. The van der Waals surface area contributed by atoms with Crippen molar-refractivity contribution in [1.29, 1.82) is 0 Å². The third kappa shape index (κ3) is 3.06. The molecule has 19 heavy (non-hydrogen) atoms. The van der Waals surface area contributed by atoms with Gasteiger partial charge in [0.2, 0.25) is 0 Å². The number of thiophene rings is 1. The second-order valence-corrected chi connectivity index (χ2v) is 5.22. The van der Waals surface area contributed by atoms with E-state index in [4.69, 9.17) is 0 Å². The normalized spacial score (nSPS) is 10.3.